The van der Waals surface area contributed by atoms with E-state index in [1.807, 2.05) is 7.05 Å². The number of aliphatic carboxylic acids is 2. The van der Waals surface area contributed by atoms with E-state index < -0.39 is 53.7 Å². The molecule has 2 saturated heterocycles. The standard InChI is InChI=1S/C21H29N3O8/c1-11(25)7-16-13(8-17(26)27)14(9-18(28)29)19(32-16)15-10-24(21(31)22-20(15)30)12-3-5-23(2)6-4-12/h10,12-14,16,19H,3-9H2,1-2H3,(H,26,27)(H,28,29)(H,22,30,31)/t13-,14+,16-,19+/m1/s1. The molecule has 0 unspecified atom stereocenters. The van der Waals surface area contributed by atoms with E-state index in [-0.39, 0.29) is 30.2 Å². The largest absolute Gasteiger partial charge is 0.481 e. The molecule has 1 aromatic heterocycles. The number of hydrogen-bond donors (Lipinski definition) is 3. The van der Waals surface area contributed by atoms with Gasteiger partial charge in [-0.25, -0.2) is 4.79 Å². The van der Waals surface area contributed by atoms with Gasteiger partial charge in [0.15, 0.2) is 0 Å². The highest BCUT2D eigenvalue weighted by molar-refractivity contribution is 5.76. The van der Waals surface area contributed by atoms with Crippen molar-refractivity contribution in [3.63, 3.8) is 0 Å². The molecule has 11 heteroatoms. The average molecular weight is 451 g/mol. The molecule has 2 aliphatic heterocycles. The second-order valence-electron chi connectivity index (χ2n) is 8.81. The normalized spacial score (nSPS) is 26.8. The maximum absolute atomic E-state index is 12.7. The molecule has 0 aromatic carbocycles. The predicted molar refractivity (Wildman–Crippen MR) is 111 cm³/mol. The number of likely N-dealkylation sites (tertiary alicyclic amines) is 1. The fourth-order valence-corrected chi connectivity index (χ4v) is 4.87. The first-order chi connectivity index (χ1) is 15.1. The van der Waals surface area contributed by atoms with E-state index in [0.29, 0.717) is 12.8 Å². The molecule has 0 aliphatic carbocycles. The minimum atomic E-state index is -1.16. The van der Waals surface area contributed by atoms with Gasteiger partial charge < -0.3 is 19.8 Å². The molecule has 0 amide bonds. The SMILES string of the molecule is CC(=O)C[C@H]1O[C@H](c2cn(C3CCN(C)CC3)c(=O)[nH]c2=O)[C@@H](CC(=O)O)[C@H]1CC(=O)O. The molecule has 11 nitrogen and oxygen atoms in total. The van der Waals surface area contributed by atoms with Crippen LogP contribution in [0.5, 0.6) is 0 Å². The molecule has 3 heterocycles. The quantitative estimate of drug-likeness (QED) is 0.508. The van der Waals surface area contributed by atoms with E-state index >= 15 is 0 Å². The number of piperidine rings is 1. The third kappa shape index (κ3) is 5.33. The lowest BCUT2D eigenvalue weighted by Gasteiger charge is -2.30. The third-order valence-corrected chi connectivity index (χ3v) is 6.43. The molecule has 0 radical (unpaired) electrons. The van der Waals surface area contributed by atoms with Crippen LogP contribution < -0.4 is 11.2 Å². The van der Waals surface area contributed by atoms with Crippen molar-refractivity contribution in [2.24, 2.45) is 11.8 Å². The maximum atomic E-state index is 12.7. The van der Waals surface area contributed by atoms with Crippen LogP contribution >= 0.6 is 0 Å². The lowest BCUT2D eigenvalue weighted by atomic mass is 9.80. The molecule has 0 saturated carbocycles. The molecule has 3 rings (SSSR count). The first kappa shape index (κ1) is 23.9. The van der Waals surface area contributed by atoms with Crippen molar-refractivity contribution in [2.45, 2.75) is 57.3 Å². The van der Waals surface area contributed by atoms with Gasteiger partial charge in [-0.15, -0.1) is 0 Å². The zero-order valence-corrected chi connectivity index (χ0v) is 18.2. The number of carboxylic acid groups (broad SMARTS) is 2. The van der Waals surface area contributed by atoms with Gasteiger partial charge in [0, 0.05) is 30.5 Å². The molecule has 0 bridgehead atoms. The van der Waals surface area contributed by atoms with Crippen molar-refractivity contribution in [3.05, 3.63) is 32.6 Å². The Hall–Kier alpha value is -2.79. The number of Topliss-reactive ketones (excluding diaryl/α,β-unsaturated/α-hetero) is 1. The molecule has 4 atom stereocenters. The molecule has 1 aromatic rings. The van der Waals surface area contributed by atoms with E-state index in [1.54, 1.807) is 0 Å². The molecule has 176 valence electrons. The summed E-state index contributed by atoms with van der Waals surface area (Å²) in [6.45, 7) is 2.91. The second kappa shape index (κ2) is 9.78. The number of carboxylic acids is 2. The Morgan fingerprint density at radius 2 is 1.66 bits per heavy atom. The van der Waals surface area contributed by atoms with Crippen LogP contribution in [0.1, 0.15) is 56.7 Å². The summed E-state index contributed by atoms with van der Waals surface area (Å²) >= 11 is 0. The third-order valence-electron chi connectivity index (χ3n) is 6.43. The number of carbonyl (C=O) groups excluding carboxylic acids is 1. The lowest BCUT2D eigenvalue weighted by molar-refractivity contribution is -0.141. The van der Waals surface area contributed by atoms with Crippen molar-refractivity contribution in [1.29, 1.82) is 0 Å². The van der Waals surface area contributed by atoms with Crippen molar-refractivity contribution in [1.82, 2.24) is 14.5 Å². The Bertz CT molecular complexity index is 991. The summed E-state index contributed by atoms with van der Waals surface area (Å²) < 4.78 is 7.43. The minimum Gasteiger partial charge on any atom is -0.481 e. The summed E-state index contributed by atoms with van der Waals surface area (Å²) in [5, 5.41) is 18.8. The van der Waals surface area contributed by atoms with Crippen LogP contribution in [0.3, 0.4) is 0 Å². The topological polar surface area (TPSA) is 159 Å². The zero-order valence-electron chi connectivity index (χ0n) is 18.2. The van der Waals surface area contributed by atoms with Gasteiger partial charge in [-0.05, 0) is 39.9 Å². The highest BCUT2D eigenvalue weighted by Crippen LogP contribution is 2.46. The molecular weight excluding hydrogens is 422 g/mol. The van der Waals surface area contributed by atoms with Gasteiger partial charge >= 0.3 is 17.6 Å². The summed E-state index contributed by atoms with van der Waals surface area (Å²) in [4.78, 5) is 64.4. The Labute approximate surface area is 184 Å². The first-order valence-corrected chi connectivity index (χ1v) is 10.7. The Morgan fingerprint density at radius 1 is 1.06 bits per heavy atom. The van der Waals surface area contributed by atoms with E-state index in [2.05, 4.69) is 9.88 Å². The maximum Gasteiger partial charge on any atom is 0.328 e. The van der Waals surface area contributed by atoms with Crippen LogP contribution in [0, 0.1) is 11.8 Å². The monoisotopic (exact) mass is 451 g/mol. The highest BCUT2D eigenvalue weighted by atomic mass is 16.5. The van der Waals surface area contributed by atoms with Gasteiger partial charge in [0.1, 0.15) is 5.78 Å². The van der Waals surface area contributed by atoms with Crippen molar-refractivity contribution in [2.75, 3.05) is 20.1 Å². The fourth-order valence-electron chi connectivity index (χ4n) is 4.87. The zero-order chi connectivity index (χ0) is 23.6. The summed E-state index contributed by atoms with van der Waals surface area (Å²) in [6.07, 6.45) is 0.0636. The van der Waals surface area contributed by atoms with Gasteiger partial charge in [-0.1, -0.05) is 0 Å². The number of nitrogens with one attached hydrogen (secondary N) is 1. The number of hydrogen-bond acceptors (Lipinski definition) is 7. The Balaban J connectivity index is 2.02. The van der Waals surface area contributed by atoms with E-state index in [4.69, 9.17) is 4.74 Å². The van der Waals surface area contributed by atoms with Crippen molar-refractivity contribution >= 4 is 17.7 Å². The van der Waals surface area contributed by atoms with Crippen molar-refractivity contribution < 1.29 is 29.3 Å². The number of carbonyl (C=O) groups is 3. The van der Waals surface area contributed by atoms with E-state index in [0.717, 1.165) is 13.1 Å². The summed E-state index contributed by atoms with van der Waals surface area (Å²) in [6, 6.07) is -0.128. The van der Waals surface area contributed by atoms with Crippen LogP contribution in [0.25, 0.3) is 0 Å². The summed E-state index contributed by atoms with van der Waals surface area (Å²) in [7, 11) is 1.98. The van der Waals surface area contributed by atoms with E-state index in [9.17, 15) is 34.2 Å². The predicted octanol–water partition coefficient (Wildman–Crippen LogP) is 0.404. The number of ketones is 1. The van der Waals surface area contributed by atoms with Crippen LogP contribution in [0.2, 0.25) is 0 Å². The Morgan fingerprint density at radius 3 is 2.22 bits per heavy atom. The van der Waals surface area contributed by atoms with Crippen LogP contribution in [0.15, 0.2) is 15.8 Å². The van der Waals surface area contributed by atoms with Crippen LogP contribution in [-0.4, -0.2) is 68.6 Å². The molecule has 2 aliphatic rings. The second-order valence-corrected chi connectivity index (χ2v) is 8.81. The number of rotatable bonds is 8. The molecule has 3 N–H and O–H groups in total. The van der Waals surface area contributed by atoms with Crippen molar-refractivity contribution in [3.8, 4) is 0 Å². The lowest BCUT2D eigenvalue weighted by Crippen LogP contribution is -2.39. The van der Waals surface area contributed by atoms with Gasteiger partial charge in [0.05, 0.1) is 30.6 Å². The first-order valence-electron chi connectivity index (χ1n) is 10.7. The van der Waals surface area contributed by atoms with Gasteiger partial charge in [0.2, 0.25) is 0 Å². The number of nitrogens with zero attached hydrogens (tertiary/aromatic N) is 2. The Kier molecular flexibility index (Phi) is 7.29. The molecule has 0 spiro atoms. The van der Waals surface area contributed by atoms with Gasteiger partial charge in [-0.2, -0.15) is 0 Å². The van der Waals surface area contributed by atoms with Gasteiger partial charge in [-0.3, -0.25) is 28.7 Å². The number of H-pyrrole nitrogens is 1. The molecule has 2 fully saturated rings. The fraction of sp³-hybridized carbons (Fsp3) is 0.667. The van der Waals surface area contributed by atoms with Crippen LogP contribution in [0.4, 0.5) is 0 Å². The number of aromatic amines is 1. The smallest absolute Gasteiger partial charge is 0.328 e. The number of aromatic nitrogens is 2. The van der Waals surface area contributed by atoms with E-state index in [1.165, 1.54) is 17.7 Å². The summed E-state index contributed by atoms with van der Waals surface area (Å²) in [5.41, 5.74) is -1.17. The summed E-state index contributed by atoms with van der Waals surface area (Å²) in [5.74, 6) is -4.14. The minimum absolute atomic E-state index is 0.0798. The van der Waals surface area contributed by atoms with Gasteiger partial charge in [0.25, 0.3) is 5.56 Å². The highest BCUT2D eigenvalue weighted by Gasteiger charge is 2.48. The number of ether oxygens (including phenoxy) is 1. The molecular formula is C21H29N3O8. The van der Waals surface area contributed by atoms with Crippen LogP contribution in [-0.2, 0) is 19.1 Å². The molecule has 32 heavy (non-hydrogen) atoms. The average Bonchev–Trinajstić information content (AvgIpc) is 2.98.